The van der Waals surface area contributed by atoms with Crippen LogP contribution in [0, 0.1) is 52.4 Å². The van der Waals surface area contributed by atoms with E-state index in [1.165, 1.54) is 33.4 Å². The number of nitrogens with zero attached hydrogens (tertiary/aromatic N) is 2. The van der Waals surface area contributed by atoms with Gasteiger partial charge in [0.25, 0.3) is 0 Å². The van der Waals surface area contributed by atoms with Gasteiger partial charge in [-0.2, -0.15) is 0 Å². The van der Waals surface area contributed by atoms with Crippen molar-refractivity contribution in [1.82, 2.24) is 0 Å². The van der Waals surface area contributed by atoms with E-state index in [0.29, 0.717) is 0 Å². The fourth-order valence-corrected chi connectivity index (χ4v) is 5.80. The molecule has 2 aromatic rings. The molecule has 0 aliphatic rings. The first kappa shape index (κ1) is 30.0. The predicted octanol–water partition coefficient (Wildman–Crippen LogP) is 9.84. The van der Waals surface area contributed by atoms with Crippen molar-refractivity contribution in [2.75, 3.05) is 0 Å². The van der Waals surface area contributed by atoms with E-state index in [9.17, 15) is 0 Å². The maximum Gasteiger partial charge on any atom is 0.0688 e. The maximum absolute atomic E-state index is 6.33. The van der Waals surface area contributed by atoms with Gasteiger partial charge < -0.3 is 0 Å². The van der Waals surface area contributed by atoms with E-state index in [2.05, 4.69) is 107 Å². The summed E-state index contributed by atoms with van der Waals surface area (Å²) in [7, 11) is 0. The first-order valence-corrected chi connectivity index (χ1v) is 13.1. The van der Waals surface area contributed by atoms with Gasteiger partial charge in [-0.25, -0.2) is 0 Å². The third kappa shape index (κ3) is 8.15. The molecule has 0 amide bonds. The third-order valence-corrected chi connectivity index (χ3v) is 6.81. The van der Waals surface area contributed by atoms with Gasteiger partial charge in [0.05, 0.1) is 11.4 Å². The molecule has 2 rings (SSSR count). The number of aryl methyl sites for hydroxylation is 4. The van der Waals surface area contributed by atoms with Crippen molar-refractivity contribution in [2.24, 2.45) is 20.8 Å². The third-order valence-electron chi connectivity index (χ3n) is 6.81. The van der Waals surface area contributed by atoms with Crippen molar-refractivity contribution < 1.29 is 0 Å². The van der Waals surface area contributed by atoms with Crippen LogP contribution in [0.2, 0.25) is 0 Å². The highest BCUT2D eigenvalue weighted by Crippen LogP contribution is 2.40. The van der Waals surface area contributed by atoms with Crippen LogP contribution in [0.4, 0.5) is 11.4 Å². The van der Waals surface area contributed by atoms with Gasteiger partial charge in [0.1, 0.15) is 0 Å². The van der Waals surface area contributed by atoms with Gasteiger partial charge in [-0.15, -0.1) is 0 Å². The zero-order valence-electron chi connectivity index (χ0n) is 24.9. The molecule has 0 aliphatic carbocycles. The number of benzene rings is 2. The maximum atomic E-state index is 6.33. The molecule has 0 saturated carbocycles. The smallest absolute Gasteiger partial charge is 0.0688 e. The Labute approximate surface area is 222 Å². The summed E-state index contributed by atoms with van der Waals surface area (Å²) in [6.07, 6.45) is 5.42. The Kier molecular flexibility index (Phi) is 8.87. The molecule has 0 bridgehead atoms. The van der Waals surface area contributed by atoms with Crippen molar-refractivity contribution in [1.29, 1.82) is 0 Å². The molecule has 0 spiro atoms. The van der Waals surface area contributed by atoms with Gasteiger partial charge in [-0.05, 0) is 109 Å². The molecule has 36 heavy (non-hydrogen) atoms. The van der Waals surface area contributed by atoms with Crippen LogP contribution in [0.3, 0.4) is 0 Å². The second kappa shape index (κ2) is 10.6. The second-order valence-corrected chi connectivity index (χ2v) is 13.6. The Morgan fingerprint density at radius 1 is 0.556 bits per heavy atom. The lowest BCUT2D eigenvalue weighted by atomic mass is 9.71. The van der Waals surface area contributed by atoms with Crippen LogP contribution in [0.25, 0.3) is 0 Å². The number of hydrogen-bond acceptors (Lipinski definition) is 2. The van der Waals surface area contributed by atoms with Crippen molar-refractivity contribution in [2.45, 2.75) is 107 Å². The standard InChI is InChI=1S/C34H48N2/c1-23-17-27(33(11,12)21-31(5,6)7)18-24(2)29(23)35-15-16-36-30-25(3)19-28(20-26(30)4)34(13,14)22-32(8,9)10/h5,8,15-20H,21-22H2,1-4,6-7,9-14H3. The molecule has 194 valence electrons. The molecule has 0 unspecified atom stereocenters. The van der Waals surface area contributed by atoms with Gasteiger partial charge in [-0.1, -0.05) is 79.7 Å². The van der Waals surface area contributed by atoms with Crippen LogP contribution in [-0.4, -0.2) is 12.4 Å². The minimum absolute atomic E-state index is 0.00679. The van der Waals surface area contributed by atoms with Crippen LogP contribution >= 0.6 is 0 Å². The van der Waals surface area contributed by atoms with Gasteiger partial charge in [0, 0.05) is 12.4 Å². The molecular formula is C34H48N2. The number of aliphatic imine (C=N–C) groups is 2. The quantitative estimate of drug-likeness (QED) is 0.316. The van der Waals surface area contributed by atoms with Crippen molar-refractivity contribution in [3.63, 3.8) is 0 Å². The molecule has 2 nitrogen and oxygen atoms in total. The Morgan fingerprint density at radius 2 is 0.806 bits per heavy atom. The summed E-state index contributed by atoms with van der Waals surface area (Å²) >= 11 is 0. The summed E-state index contributed by atoms with van der Waals surface area (Å²) in [6.45, 7) is 38.6. The minimum Gasteiger partial charge on any atom is -0.255 e. The molecule has 0 aliphatic heterocycles. The first-order valence-electron chi connectivity index (χ1n) is 13.1. The number of hydrogen-bond donors (Lipinski definition) is 0. The Morgan fingerprint density at radius 3 is 1.03 bits per heavy atom. The average Bonchev–Trinajstić information content (AvgIpc) is 2.64. The highest BCUT2D eigenvalue weighted by atomic mass is 14.8. The summed E-state index contributed by atoms with van der Waals surface area (Å²) < 4.78 is 0. The van der Waals surface area contributed by atoms with Crippen molar-refractivity contribution in [3.05, 3.63) is 71.5 Å². The van der Waals surface area contributed by atoms with Gasteiger partial charge in [0.2, 0.25) is 0 Å². The van der Waals surface area contributed by atoms with Gasteiger partial charge in [0.15, 0.2) is 0 Å². The normalized spacial score (nSPS) is 13.8. The topological polar surface area (TPSA) is 24.7 Å². The zero-order chi connectivity index (χ0) is 27.7. The van der Waals surface area contributed by atoms with E-state index in [1.807, 2.05) is 0 Å². The molecule has 0 atom stereocenters. The van der Waals surface area contributed by atoms with Crippen LogP contribution in [0.15, 0.2) is 34.3 Å². The van der Waals surface area contributed by atoms with Gasteiger partial charge in [-0.3, -0.25) is 9.98 Å². The summed E-state index contributed by atoms with van der Waals surface area (Å²) in [5.41, 5.74) is 8.82. The molecule has 0 heterocycles. The van der Waals surface area contributed by atoms with E-state index >= 15 is 0 Å². The molecular weight excluding hydrogens is 436 g/mol. The van der Waals surface area contributed by atoms with E-state index in [-0.39, 0.29) is 21.7 Å². The van der Waals surface area contributed by atoms with E-state index in [4.69, 9.17) is 23.8 Å². The lowest BCUT2D eigenvalue weighted by Crippen LogP contribution is -2.25. The lowest BCUT2D eigenvalue weighted by molar-refractivity contribution is 0.317. The Balaban J connectivity index is 2.27. The highest BCUT2D eigenvalue weighted by Gasteiger charge is 2.29. The van der Waals surface area contributed by atoms with E-state index < -0.39 is 0 Å². The fourth-order valence-electron chi connectivity index (χ4n) is 5.80. The monoisotopic (exact) mass is 484 g/mol. The largest absolute Gasteiger partial charge is 0.255 e. The second-order valence-electron chi connectivity index (χ2n) is 13.6. The molecule has 2 aromatic carbocycles. The van der Waals surface area contributed by atoms with Crippen molar-refractivity contribution >= 4 is 23.8 Å². The Bertz CT molecular complexity index is 991. The average molecular weight is 485 g/mol. The van der Waals surface area contributed by atoms with Crippen LogP contribution in [0.5, 0.6) is 0 Å². The molecule has 0 aromatic heterocycles. The molecule has 0 saturated heterocycles. The molecule has 0 fully saturated rings. The van der Waals surface area contributed by atoms with Crippen LogP contribution in [-0.2, 0) is 10.8 Å². The summed E-state index contributed by atoms with van der Waals surface area (Å²) in [5.74, 6) is 0. The summed E-state index contributed by atoms with van der Waals surface area (Å²) in [4.78, 5) is 9.52. The molecule has 2 heteroatoms. The van der Waals surface area contributed by atoms with Crippen molar-refractivity contribution in [3.8, 4) is 0 Å². The number of rotatable bonds is 9. The summed E-state index contributed by atoms with van der Waals surface area (Å²) in [5, 5.41) is 0. The lowest BCUT2D eigenvalue weighted by Gasteiger charge is -2.33. The first-order chi connectivity index (χ1) is 16.2. The molecule has 4 radical (unpaired) electrons. The minimum atomic E-state index is -0.218. The van der Waals surface area contributed by atoms with Crippen LogP contribution in [0.1, 0.15) is 102 Å². The summed E-state index contributed by atoms with van der Waals surface area (Å²) in [6, 6.07) is 9.00. The Hall–Kier alpha value is -2.22. The predicted molar refractivity (Wildman–Crippen MR) is 160 cm³/mol. The van der Waals surface area contributed by atoms with Gasteiger partial charge >= 0.3 is 0 Å². The SMILES string of the molecule is [CH]C(C)(C)CC(C)(C)c1cc(C)c(N=CC=Nc2c(C)cc(C(C)(C)CC([CH])(C)C)cc2C)c(C)c1. The highest BCUT2D eigenvalue weighted by molar-refractivity contribution is 6.17. The molecule has 0 N–H and O–H groups in total. The fraction of sp³-hybridized carbons (Fsp3) is 0.529. The van der Waals surface area contributed by atoms with Crippen LogP contribution < -0.4 is 0 Å². The zero-order valence-corrected chi connectivity index (χ0v) is 24.9. The van der Waals surface area contributed by atoms with E-state index in [0.717, 1.165) is 24.2 Å². The van der Waals surface area contributed by atoms with E-state index in [1.54, 1.807) is 12.4 Å².